The van der Waals surface area contributed by atoms with Gasteiger partial charge in [0, 0.05) is 10.4 Å². The zero-order chi connectivity index (χ0) is 20.5. The van der Waals surface area contributed by atoms with E-state index in [1.165, 1.54) is 28.1 Å². The number of nitrogens with one attached hydrogen (secondary N) is 1. The zero-order valence-corrected chi connectivity index (χ0v) is 17.1. The highest BCUT2D eigenvalue weighted by Gasteiger charge is 2.25. The molecule has 0 saturated carbocycles. The van der Waals surface area contributed by atoms with E-state index in [1.54, 1.807) is 36.5 Å². The molecule has 3 aromatic rings. The van der Waals surface area contributed by atoms with Gasteiger partial charge in [0.15, 0.2) is 0 Å². The van der Waals surface area contributed by atoms with Crippen LogP contribution in [0.5, 0.6) is 5.75 Å². The number of aromatic hydroxyl groups is 1. The van der Waals surface area contributed by atoms with Gasteiger partial charge in [-0.3, -0.25) is 14.2 Å². The molecular weight excluding hydrogens is 388 g/mol. The van der Waals surface area contributed by atoms with Crippen molar-refractivity contribution in [2.24, 2.45) is 11.0 Å². The molecule has 0 aliphatic heterocycles. The second kappa shape index (κ2) is 7.79. The molecule has 0 radical (unpaired) electrons. The fourth-order valence-electron chi connectivity index (χ4n) is 3.60. The molecule has 0 fully saturated rings. The normalized spacial score (nSPS) is 17.4. The van der Waals surface area contributed by atoms with Crippen LogP contribution in [0.1, 0.15) is 42.3 Å². The van der Waals surface area contributed by atoms with Crippen LogP contribution in [-0.2, 0) is 17.6 Å². The fourth-order valence-corrected chi connectivity index (χ4v) is 4.94. The largest absolute Gasteiger partial charge is 0.507 e. The summed E-state index contributed by atoms with van der Waals surface area (Å²) in [6.07, 6.45) is 5.72. The predicted octanol–water partition coefficient (Wildman–Crippen LogP) is 3.00. The third-order valence-electron chi connectivity index (χ3n) is 5.35. The summed E-state index contributed by atoms with van der Waals surface area (Å²) in [4.78, 5) is 32.0. The molecule has 8 heteroatoms. The summed E-state index contributed by atoms with van der Waals surface area (Å²) in [5, 5.41) is 14.3. The first-order chi connectivity index (χ1) is 14.0. The molecule has 29 heavy (non-hydrogen) atoms. The Morgan fingerprint density at radius 3 is 3.03 bits per heavy atom. The first kappa shape index (κ1) is 19.3. The number of hydrogen-bond acceptors (Lipinski definition) is 6. The van der Waals surface area contributed by atoms with E-state index in [-0.39, 0.29) is 11.3 Å². The molecule has 0 saturated heterocycles. The van der Waals surface area contributed by atoms with Crippen molar-refractivity contribution < 1.29 is 9.90 Å². The summed E-state index contributed by atoms with van der Waals surface area (Å²) in [6, 6.07) is 5.91. The topological polar surface area (TPSA) is 96.6 Å². The monoisotopic (exact) mass is 410 g/mol. The van der Waals surface area contributed by atoms with Crippen LogP contribution in [0.2, 0.25) is 0 Å². The number of rotatable bonds is 4. The average molecular weight is 410 g/mol. The van der Waals surface area contributed by atoms with Crippen LogP contribution < -0.4 is 11.0 Å². The molecule has 2 N–H and O–H groups in total. The van der Waals surface area contributed by atoms with Crippen molar-refractivity contribution in [3.63, 3.8) is 0 Å². The lowest BCUT2D eigenvalue weighted by atomic mass is 9.89. The van der Waals surface area contributed by atoms with Crippen LogP contribution in [0.4, 0.5) is 0 Å². The Balaban J connectivity index is 1.57. The molecule has 1 aliphatic carbocycles. The number of hydrazone groups is 1. The summed E-state index contributed by atoms with van der Waals surface area (Å²) >= 11 is 1.59. The number of para-hydroxylation sites is 1. The first-order valence-electron chi connectivity index (χ1n) is 9.58. The number of nitrogens with zero attached hydrogens (tertiary/aromatic N) is 3. The molecule has 1 aliphatic rings. The van der Waals surface area contributed by atoms with Crippen molar-refractivity contribution in [2.75, 3.05) is 0 Å². The maximum absolute atomic E-state index is 13.1. The number of aromatic nitrogens is 2. The van der Waals surface area contributed by atoms with Crippen LogP contribution in [0.15, 0.2) is 40.5 Å². The molecule has 2 atom stereocenters. The number of hydrogen-bond donors (Lipinski definition) is 2. The molecule has 150 valence electrons. The van der Waals surface area contributed by atoms with Crippen molar-refractivity contribution in [2.45, 2.75) is 39.2 Å². The standard InChI is InChI=1S/C21H22N4O3S/c1-12-7-8-15-17(9-12)29-20-18(15)21(28)25(11-22-20)13(2)19(27)24-23-10-14-5-3-4-6-16(14)26/h3-6,10-13,26H,7-9H2,1-2H3,(H,24,27)/b23-10+/t12-,13+/m1/s1. The van der Waals surface area contributed by atoms with E-state index in [9.17, 15) is 14.7 Å². The van der Waals surface area contributed by atoms with Crippen molar-refractivity contribution in [1.82, 2.24) is 15.0 Å². The van der Waals surface area contributed by atoms with E-state index >= 15 is 0 Å². The van der Waals surface area contributed by atoms with Gasteiger partial charge < -0.3 is 5.11 Å². The van der Waals surface area contributed by atoms with Crippen LogP contribution in [0.3, 0.4) is 0 Å². The first-order valence-corrected chi connectivity index (χ1v) is 10.4. The third-order valence-corrected chi connectivity index (χ3v) is 6.52. The Kier molecular flexibility index (Phi) is 5.19. The molecule has 2 aromatic heterocycles. The minimum Gasteiger partial charge on any atom is -0.507 e. The fraction of sp³-hybridized carbons (Fsp3) is 0.333. The maximum Gasteiger partial charge on any atom is 0.263 e. The molecule has 2 heterocycles. The van der Waals surface area contributed by atoms with Gasteiger partial charge in [0.1, 0.15) is 16.6 Å². The number of fused-ring (bicyclic) bond motifs is 3. The summed E-state index contributed by atoms with van der Waals surface area (Å²) in [5.41, 5.74) is 3.83. The lowest BCUT2D eigenvalue weighted by Gasteiger charge is -2.18. The van der Waals surface area contributed by atoms with Crippen molar-refractivity contribution >= 4 is 33.7 Å². The lowest BCUT2D eigenvalue weighted by Crippen LogP contribution is -2.34. The van der Waals surface area contributed by atoms with Crippen LogP contribution in [0.25, 0.3) is 10.2 Å². The summed E-state index contributed by atoms with van der Waals surface area (Å²) in [5.74, 6) is 0.253. The highest BCUT2D eigenvalue weighted by Crippen LogP contribution is 2.35. The van der Waals surface area contributed by atoms with E-state index in [2.05, 4.69) is 22.4 Å². The summed E-state index contributed by atoms with van der Waals surface area (Å²) in [6.45, 7) is 3.86. The lowest BCUT2D eigenvalue weighted by molar-refractivity contribution is -0.123. The maximum atomic E-state index is 13.1. The second-order valence-corrected chi connectivity index (χ2v) is 8.54. The molecule has 0 bridgehead atoms. The highest BCUT2D eigenvalue weighted by molar-refractivity contribution is 7.18. The van der Waals surface area contributed by atoms with Gasteiger partial charge in [-0.1, -0.05) is 19.1 Å². The zero-order valence-electron chi connectivity index (χ0n) is 16.3. The Morgan fingerprint density at radius 2 is 2.24 bits per heavy atom. The SMILES string of the molecule is C[C@@H]1CCc2c(sc3ncn([C@@H](C)C(=O)N/N=C/c4ccccc4O)c(=O)c23)C1. The molecular formula is C21H22N4O3S. The average Bonchev–Trinajstić information content (AvgIpc) is 3.07. The molecule has 0 spiro atoms. The van der Waals surface area contributed by atoms with E-state index in [1.807, 2.05) is 0 Å². The van der Waals surface area contributed by atoms with Gasteiger partial charge in [0.25, 0.3) is 11.5 Å². The number of amides is 1. The number of carbonyl (C=O) groups excluding carboxylic acids is 1. The summed E-state index contributed by atoms with van der Waals surface area (Å²) < 4.78 is 1.36. The highest BCUT2D eigenvalue weighted by atomic mass is 32.1. The molecule has 0 unspecified atom stereocenters. The quantitative estimate of drug-likeness (QED) is 0.510. The Bertz CT molecular complexity index is 1160. The van der Waals surface area contributed by atoms with E-state index in [0.717, 1.165) is 29.7 Å². The molecule has 4 rings (SSSR count). The van der Waals surface area contributed by atoms with Gasteiger partial charge in [-0.05, 0) is 49.8 Å². The van der Waals surface area contributed by atoms with Gasteiger partial charge in [-0.2, -0.15) is 5.10 Å². The Morgan fingerprint density at radius 1 is 1.45 bits per heavy atom. The molecule has 1 amide bonds. The van der Waals surface area contributed by atoms with Crippen LogP contribution >= 0.6 is 11.3 Å². The third kappa shape index (κ3) is 3.67. The van der Waals surface area contributed by atoms with E-state index in [4.69, 9.17) is 0 Å². The minimum absolute atomic E-state index is 0.0703. The Hall–Kier alpha value is -3.00. The van der Waals surface area contributed by atoms with Crippen LogP contribution in [0, 0.1) is 5.92 Å². The van der Waals surface area contributed by atoms with Gasteiger partial charge in [-0.15, -0.1) is 11.3 Å². The number of benzene rings is 1. The van der Waals surface area contributed by atoms with Crippen LogP contribution in [-0.4, -0.2) is 26.8 Å². The summed E-state index contributed by atoms with van der Waals surface area (Å²) in [7, 11) is 0. The van der Waals surface area contributed by atoms with Gasteiger partial charge >= 0.3 is 0 Å². The number of aryl methyl sites for hydroxylation is 1. The minimum atomic E-state index is -0.765. The molecule has 7 nitrogen and oxygen atoms in total. The number of carbonyl (C=O) groups is 1. The number of phenols is 1. The smallest absolute Gasteiger partial charge is 0.263 e. The van der Waals surface area contributed by atoms with Gasteiger partial charge in [0.05, 0.1) is 17.9 Å². The molecule has 1 aromatic carbocycles. The number of thiophene rings is 1. The van der Waals surface area contributed by atoms with E-state index in [0.29, 0.717) is 16.9 Å². The van der Waals surface area contributed by atoms with Crippen molar-refractivity contribution in [1.29, 1.82) is 0 Å². The number of phenolic OH excluding ortho intramolecular Hbond substituents is 1. The van der Waals surface area contributed by atoms with Gasteiger partial charge in [-0.25, -0.2) is 10.4 Å². The van der Waals surface area contributed by atoms with Crippen molar-refractivity contribution in [3.8, 4) is 5.75 Å². The van der Waals surface area contributed by atoms with E-state index < -0.39 is 11.9 Å². The Labute approximate surface area is 171 Å². The van der Waals surface area contributed by atoms with Crippen molar-refractivity contribution in [3.05, 3.63) is 57.0 Å². The predicted molar refractivity (Wildman–Crippen MR) is 114 cm³/mol. The second-order valence-electron chi connectivity index (χ2n) is 7.46. The van der Waals surface area contributed by atoms with Gasteiger partial charge in [0.2, 0.25) is 0 Å².